The van der Waals surface area contributed by atoms with E-state index in [0.29, 0.717) is 30.3 Å². The zero-order chi connectivity index (χ0) is 23.5. The quantitative estimate of drug-likeness (QED) is 0.580. The molecule has 0 aliphatic carbocycles. The molecule has 0 saturated heterocycles. The summed E-state index contributed by atoms with van der Waals surface area (Å²) in [5.74, 6) is -0.266. The lowest BCUT2D eigenvalue weighted by Gasteiger charge is -2.27. The summed E-state index contributed by atoms with van der Waals surface area (Å²) >= 11 is 0. The van der Waals surface area contributed by atoms with Crippen LogP contribution in [0.25, 0.3) is 10.8 Å². The van der Waals surface area contributed by atoms with E-state index in [1.807, 2.05) is 38.1 Å². The van der Waals surface area contributed by atoms with Crippen LogP contribution in [0.4, 0.5) is 0 Å². The van der Waals surface area contributed by atoms with Gasteiger partial charge in [-0.2, -0.15) is 5.10 Å². The van der Waals surface area contributed by atoms with Crippen molar-refractivity contribution in [3.8, 4) is 5.75 Å². The van der Waals surface area contributed by atoms with E-state index in [4.69, 9.17) is 9.47 Å². The summed E-state index contributed by atoms with van der Waals surface area (Å²) in [6, 6.07) is 14.1. The van der Waals surface area contributed by atoms with E-state index < -0.39 is 18.0 Å². The second-order valence-electron chi connectivity index (χ2n) is 8.56. The molecular weight excluding hydrogens is 422 g/mol. The van der Waals surface area contributed by atoms with E-state index in [9.17, 15) is 14.4 Å². The summed E-state index contributed by atoms with van der Waals surface area (Å²) in [5, 5.41) is 8.01. The number of amides is 1. The van der Waals surface area contributed by atoms with Gasteiger partial charge in [-0.3, -0.25) is 9.59 Å². The van der Waals surface area contributed by atoms with Gasteiger partial charge in [-0.15, -0.1) is 0 Å². The molecule has 0 bridgehead atoms. The Morgan fingerprint density at radius 3 is 2.58 bits per heavy atom. The lowest BCUT2D eigenvalue weighted by Crippen LogP contribution is -2.40. The van der Waals surface area contributed by atoms with Crippen molar-refractivity contribution in [3.63, 3.8) is 0 Å². The van der Waals surface area contributed by atoms with Crippen LogP contribution < -0.4 is 15.6 Å². The highest BCUT2D eigenvalue weighted by Gasteiger charge is 2.27. The van der Waals surface area contributed by atoms with Gasteiger partial charge in [0, 0.05) is 23.9 Å². The topological polar surface area (TPSA) is 99.5 Å². The second-order valence-corrected chi connectivity index (χ2v) is 8.56. The Bertz CT molecular complexity index is 1250. The average Bonchev–Trinajstić information content (AvgIpc) is 2.80. The Balaban J connectivity index is 1.54. The Hall–Kier alpha value is -3.68. The molecule has 8 heteroatoms. The molecule has 0 spiro atoms. The SMILES string of the molecule is CC(C)Cn1nc(C(=O)OC(C)C(=O)NC2CCOc3ccccc32)c2ccccc2c1=O. The van der Waals surface area contributed by atoms with E-state index in [1.54, 1.807) is 24.3 Å². The molecule has 2 atom stereocenters. The fraction of sp³-hybridized carbons (Fsp3) is 0.360. The molecule has 0 radical (unpaired) electrons. The van der Waals surface area contributed by atoms with Gasteiger partial charge < -0.3 is 14.8 Å². The van der Waals surface area contributed by atoms with Crippen LogP contribution in [0.2, 0.25) is 0 Å². The maximum Gasteiger partial charge on any atom is 0.360 e. The predicted molar refractivity (Wildman–Crippen MR) is 123 cm³/mol. The third-order valence-corrected chi connectivity index (χ3v) is 5.53. The monoisotopic (exact) mass is 449 g/mol. The van der Waals surface area contributed by atoms with Crippen molar-refractivity contribution in [3.05, 3.63) is 70.1 Å². The highest BCUT2D eigenvalue weighted by Crippen LogP contribution is 2.31. The van der Waals surface area contributed by atoms with Gasteiger partial charge in [0.2, 0.25) is 0 Å². The van der Waals surface area contributed by atoms with E-state index in [-0.39, 0.29) is 23.2 Å². The number of benzene rings is 2. The minimum atomic E-state index is -1.04. The molecule has 2 unspecified atom stereocenters. The lowest BCUT2D eigenvalue weighted by molar-refractivity contribution is -0.130. The molecule has 8 nitrogen and oxygen atoms in total. The van der Waals surface area contributed by atoms with Gasteiger partial charge in [-0.05, 0) is 25.0 Å². The number of carbonyl (C=O) groups excluding carboxylic acids is 2. The molecule has 1 aliphatic heterocycles. The Kier molecular flexibility index (Phi) is 6.44. The van der Waals surface area contributed by atoms with Crippen LogP contribution in [0, 0.1) is 5.92 Å². The lowest BCUT2D eigenvalue weighted by atomic mass is 10.0. The molecule has 4 rings (SSSR count). The smallest absolute Gasteiger partial charge is 0.360 e. The van der Waals surface area contributed by atoms with Crippen LogP contribution in [0.5, 0.6) is 5.75 Å². The predicted octanol–water partition coefficient (Wildman–Crippen LogP) is 3.24. The summed E-state index contributed by atoms with van der Waals surface area (Å²) < 4.78 is 12.4. The van der Waals surface area contributed by atoms with E-state index in [1.165, 1.54) is 11.6 Å². The maximum atomic E-state index is 13.0. The number of rotatable bonds is 6. The number of ether oxygens (including phenoxy) is 2. The highest BCUT2D eigenvalue weighted by atomic mass is 16.5. The first-order valence-electron chi connectivity index (χ1n) is 11.1. The fourth-order valence-corrected chi connectivity index (χ4v) is 3.91. The number of esters is 1. The number of aromatic nitrogens is 2. The van der Waals surface area contributed by atoms with Gasteiger partial charge in [0.15, 0.2) is 11.8 Å². The van der Waals surface area contributed by atoms with Crippen molar-refractivity contribution in [1.82, 2.24) is 15.1 Å². The number of para-hydroxylation sites is 1. The molecule has 33 heavy (non-hydrogen) atoms. The number of hydrogen-bond donors (Lipinski definition) is 1. The first-order valence-corrected chi connectivity index (χ1v) is 11.1. The molecule has 1 amide bonds. The number of carbonyl (C=O) groups is 2. The van der Waals surface area contributed by atoms with E-state index in [2.05, 4.69) is 10.4 Å². The standard InChI is InChI=1S/C25H27N3O5/c1-15(2)14-28-24(30)18-9-5-4-8-17(18)22(27-28)25(31)33-16(3)23(29)26-20-12-13-32-21-11-7-6-10-19(20)21/h4-11,15-16,20H,12-14H2,1-3H3,(H,26,29). The van der Waals surface area contributed by atoms with Gasteiger partial charge in [-0.1, -0.05) is 50.2 Å². The number of nitrogens with one attached hydrogen (secondary N) is 1. The average molecular weight is 450 g/mol. The molecule has 1 N–H and O–H groups in total. The molecule has 3 aromatic rings. The van der Waals surface area contributed by atoms with Gasteiger partial charge in [-0.25, -0.2) is 9.48 Å². The maximum absolute atomic E-state index is 13.0. The Morgan fingerprint density at radius 1 is 1.12 bits per heavy atom. The number of nitrogens with zero attached hydrogens (tertiary/aromatic N) is 2. The van der Waals surface area contributed by atoms with Crippen molar-refractivity contribution in [2.45, 2.75) is 45.9 Å². The number of hydrogen-bond acceptors (Lipinski definition) is 6. The fourth-order valence-electron chi connectivity index (χ4n) is 3.91. The van der Waals surface area contributed by atoms with Crippen molar-refractivity contribution >= 4 is 22.6 Å². The summed E-state index contributed by atoms with van der Waals surface area (Å²) in [6.07, 6.45) is -0.422. The summed E-state index contributed by atoms with van der Waals surface area (Å²) in [5.41, 5.74) is 0.644. The summed E-state index contributed by atoms with van der Waals surface area (Å²) in [6.45, 7) is 6.29. The first kappa shape index (κ1) is 22.5. The van der Waals surface area contributed by atoms with Crippen LogP contribution >= 0.6 is 0 Å². The van der Waals surface area contributed by atoms with Gasteiger partial charge in [0.1, 0.15) is 5.75 Å². The largest absolute Gasteiger partial charge is 0.493 e. The van der Waals surface area contributed by atoms with Crippen LogP contribution in [0.15, 0.2) is 53.3 Å². The van der Waals surface area contributed by atoms with Crippen LogP contribution in [-0.4, -0.2) is 34.4 Å². The molecule has 2 heterocycles. The summed E-state index contributed by atoms with van der Waals surface area (Å²) in [7, 11) is 0. The van der Waals surface area contributed by atoms with Crippen molar-refractivity contribution in [1.29, 1.82) is 0 Å². The zero-order valence-corrected chi connectivity index (χ0v) is 18.9. The third-order valence-electron chi connectivity index (χ3n) is 5.53. The highest BCUT2D eigenvalue weighted by molar-refractivity contribution is 6.02. The molecule has 172 valence electrons. The Morgan fingerprint density at radius 2 is 1.82 bits per heavy atom. The third kappa shape index (κ3) is 4.74. The Labute approximate surface area is 191 Å². The van der Waals surface area contributed by atoms with E-state index in [0.717, 1.165) is 11.3 Å². The van der Waals surface area contributed by atoms with Crippen molar-refractivity contribution in [2.75, 3.05) is 6.61 Å². The van der Waals surface area contributed by atoms with Crippen LogP contribution in [0.1, 0.15) is 49.3 Å². The minimum absolute atomic E-state index is 0.0157. The van der Waals surface area contributed by atoms with Gasteiger partial charge in [0.05, 0.1) is 18.0 Å². The molecule has 0 fully saturated rings. The second kappa shape index (κ2) is 9.44. The zero-order valence-electron chi connectivity index (χ0n) is 18.9. The molecule has 2 aromatic carbocycles. The normalized spacial score (nSPS) is 16.1. The minimum Gasteiger partial charge on any atom is -0.493 e. The van der Waals surface area contributed by atoms with Crippen LogP contribution in [0.3, 0.4) is 0 Å². The van der Waals surface area contributed by atoms with Crippen LogP contribution in [-0.2, 0) is 16.1 Å². The molecular formula is C25H27N3O5. The number of fused-ring (bicyclic) bond motifs is 2. The molecule has 0 saturated carbocycles. The molecule has 1 aromatic heterocycles. The van der Waals surface area contributed by atoms with Crippen molar-refractivity contribution in [2.24, 2.45) is 5.92 Å². The van der Waals surface area contributed by atoms with E-state index >= 15 is 0 Å². The summed E-state index contributed by atoms with van der Waals surface area (Å²) in [4.78, 5) is 38.6. The van der Waals surface area contributed by atoms with Gasteiger partial charge in [0.25, 0.3) is 11.5 Å². The first-order chi connectivity index (χ1) is 15.8. The van der Waals surface area contributed by atoms with Gasteiger partial charge >= 0.3 is 5.97 Å². The molecule has 1 aliphatic rings. The van der Waals surface area contributed by atoms with Crippen molar-refractivity contribution < 1.29 is 19.1 Å².